The van der Waals surface area contributed by atoms with Crippen molar-refractivity contribution in [3.63, 3.8) is 0 Å². The molecule has 2 heterocycles. The molecule has 4 rings (SSSR count). The first-order chi connectivity index (χ1) is 14.8. The van der Waals surface area contributed by atoms with Crippen LogP contribution in [0.25, 0.3) is 0 Å². The zero-order chi connectivity index (χ0) is 22.1. The molecular formula is C24H29F3N2O2. The van der Waals surface area contributed by atoms with Crippen LogP contribution in [0, 0.1) is 0 Å². The topological polar surface area (TPSA) is 42.5 Å². The van der Waals surface area contributed by atoms with E-state index in [9.17, 15) is 13.2 Å². The minimum atomic E-state index is -4.49. The second-order valence-corrected chi connectivity index (χ2v) is 8.42. The van der Waals surface area contributed by atoms with Gasteiger partial charge in [0.1, 0.15) is 5.75 Å². The Hall–Kier alpha value is -2.09. The zero-order valence-corrected chi connectivity index (χ0v) is 17.9. The average Bonchev–Trinajstić information content (AvgIpc) is 2.77. The van der Waals surface area contributed by atoms with Crippen LogP contribution in [0.2, 0.25) is 0 Å². The Morgan fingerprint density at radius 2 is 2.00 bits per heavy atom. The molecule has 7 heteroatoms. The molecule has 4 nitrogen and oxygen atoms in total. The molecule has 0 bridgehead atoms. The molecule has 31 heavy (non-hydrogen) atoms. The van der Waals surface area contributed by atoms with Crippen LogP contribution in [0.5, 0.6) is 5.75 Å². The van der Waals surface area contributed by atoms with Crippen molar-refractivity contribution in [1.29, 1.82) is 0 Å². The Labute approximate surface area is 181 Å². The van der Waals surface area contributed by atoms with Gasteiger partial charge in [0.2, 0.25) is 0 Å². The first kappa shape index (κ1) is 22.1. The molecule has 2 N–H and O–H groups in total. The van der Waals surface area contributed by atoms with E-state index < -0.39 is 11.8 Å². The molecule has 3 atom stereocenters. The van der Waals surface area contributed by atoms with Gasteiger partial charge in [0.05, 0.1) is 13.7 Å². The summed E-state index contributed by atoms with van der Waals surface area (Å²) in [6, 6.07) is 13.9. The molecule has 168 valence electrons. The molecule has 1 saturated heterocycles. The number of halogens is 3. The predicted octanol–water partition coefficient (Wildman–Crippen LogP) is 4.63. The summed E-state index contributed by atoms with van der Waals surface area (Å²) in [4.78, 5) is 0. The Kier molecular flexibility index (Phi) is 6.28. The Balaban J connectivity index is 1.60. The fourth-order valence-electron chi connectivity index (χ4n) is 4.68. The summed E-state index contributed by atoms with van der Waals surface area (Å²) in [6.45, 7) is 2.52. The molecule has 1 fully saturated rings. The van der Waals surface area contributed by atoms with Gasteiger partial charge >= 0.3 is 6.18 Å². The van der Waals surface area contributed by atoms with Gasteiger partial charge in [-0.1, -0.05) is 30.3 Å². The molecule has 2 unspecified atom stereocenters. The molecule has 0 spiro atoms. The number of hydrogen-bond donors (Lipinski definition) is 2. The third-order valence-electron chi connectivity index (χ3n) is 6.50. The van der Waals surface area contributed by atoms with Crippen molar-refractivity contribution in [3.05, 3.63) is 64.7 Å². The maximum atomic E-state index is 13.9. The fourth-order valence-corrected chi connectivity index (χ4v) is 4.68. The van der Waals surface area contributed by atoms with Crippen molar-refractivity contribution in [2.45, 2.75) is 56.6 Å². The Bertz CT molecular complexity index is 904. The predicted molar refractivity (Wildman–Crippen MR) is 113 cm³/mol. The molecule has 2 aliphatic rings. The fraction of sp³-hybridized carbons (Fsp3) is 0.500. The average molecular weight is 435 g/mol. The summed E-state index contributed by atoms with van der Waals surface area (Å²) in [7, 11) is 1.56. The number of hydrogen-bond acceptors (Lipinski definition) is 4. The van der Waals surface area contributed by atoms with E-state index in [0.29, 0.717) is 29.8 Å². The van der Waals surface area contributed by atoms with E-state index in [4.69, 9.17) is 9.47 Å². The van der Waals surface area contributed by atoms with Crippen LogP contribution in [0.1, 0.15) is 48.1 Å². The second-order valence-electron chi connectivity index (χ2n) is 8.42. The van der Waals surface area contributed by atoms with Gasteiger partial charge in [0, 0.05) is 24.2 Å². The van der Waals surface area contributed by atoms with E-state index in [0.717, 1.165) is 26.3 Å². The normalized spacial score (nSPS) is 26.4. The van der Waals surface area contributed by atoms with E-state index in [2.05, 4.69) is 22.8 Å². The summed E-state index contributed by atoms with van der Waals surface area (Å²) in [6.07, 6.45) is -2.02. The van der Waals surface area contributed by atoms with Crippen molar-refractivity contribution in [1.82, 2.24) is 10.6 Å². The van der Waals surface area contributed by atoms with Crippen molar-refractivity contribution >= 4 is 0 Å². The van der Waals surface area contributed by atoms with Gasteiger partial charge in [0.15, 0.2) is 5.60 Å². The summed E-state index contributed by atoms with van der Waals surface area (Å²) in [5.74, 6) is 0.609. The monoisotopic (exact) mass is 434 g/mol. The molecule has 0 aliphatic carbocycles. The number of piperidine rings is 1. The number of alkyl halides is 3. The number of benzene rings is 2. The molecule has 2 aromatic rings. The van der Waals surface area contributed by atoms with Gasteiger partial charge in [-0.2, -0.15) is 13.2 Å². The van der Waals surface area contributed by atoms with Crippen molar-refractivity contribution < 1.29 is 22.6 Å². The Morgan fingerprint density at radius 3 is 2.71 bits per heavy atom. The van der Waals surface area contributed by atoms with Crippen LogP contribution >= 0.6 is 0 Å². The third-order valence-corrected chi connectivity index (χ3v) is 6.50. The van der Waals surface area contributed by atoms with E-state index in [1.165, 1.54) is 5.56 Å². The lowest BCUT2D eigenvalue weighted by Crippen LogP contribution is -2.46. The summed E-state index contributed by atoms with van der Waals surface area (Å²) < 4.78 is 52.4. The number of fused-ring (bicyclic) bond motifs is 1. The smallest absolute Gasteiger partial charge is 0.421 e. The molecule has 0 aromatic heterocycles. The van der Waals surface area contributed by atoms with E-state index >= 15 is 0 Å². The van der Waals surface area contributed by atoms with Gasteiger partial charge in [0.25, 0.3) is 0 Å². The van der Waals surface area contributed by atoms with Crippen molar-refractivity contribution in [3.8, 4) is 5.75 Å². The zero-order valence-electron chi connectivity index (χ0n) is 17.9. The first-order valence-corrected chi connectivity index (χ1v) is 10.8. The summed E-state index contributed by atoms with van der Waals surface area (Å²) in [5, 5.41) is 7.14. The van der Waals surface area contributed by atoms with Gasteiger partial charge in [-0.3, -0.25) is 0 Å². The highest BCUT2D eigenvalue weighted by molar-refractivity contribution is 5.47. The summed E-state index contributed by atoms with van der Waals surface area (Å²) in [5.41, 5.74) is 0.425. The first-order valence-electron chi connectivity index (χ1n) is 10.8. The van der Waals surface area contributed by atoms with Crippen LogP contribution in [0.15, 0.2) is 42.5 Å². The molecule has 2 aliphatic heterocycles. The lowest BCUT2D eigenvalue weighted by atomic mass is 9.85. The Morgan fingerprint density at radius 1 is 1.23 bits per heavy atom. The highest BCUT2D eigenvalue weighted by Crippen LogP contribution is 2.46. The van der Waals surface area contributed by atoms with Gasteiger partial charge < -0.3 is 20.1 Å². The SMILES string of the molecule is COc1cc2c(cc1CNC1CCCNC1c1ccccc1)[C@](C)(C(F)(F)F)OCC2. The molecule has 0 radical (unpaired) electrons. The minimum absolute atomic E-state index is 0.0380. The van der Waals surface area contributed by atoms with Gasteiger partial charge in [-0.05, 0) is 61.6 Å². The van der Waals surface area contributed by atoms with E-state index in [1.807, 2.05) is 18.2 Å². The number of methoxy groups -OCH3 is 1. The number of rotatable bonds is 5. The van der Waals surface area contributed by atoms with Crippen LogP contribution < -0.4 is 15.4 Å². The van der Waals surface area contributed by atoms with Gasteiger partial charge in [-0.15, -0.1) is 0 Å². The van der Waals surface area contributed by atoms with Gasteiger partial charge in [-0.25, -0.2) is 0 Å². The highest BCUT2D eigenvalue weighted by Gasteiger charge is 2.55. The molecular weight excluding hydrogens is 405 g/mol. The largest absolute Gasteiger partial charge is 0.496 e. The van der Waals surface area contributed by atoms with Crippen LogP contribution in [-0.4, -0.2) is 32.5 Å². The maximum absolute atomic E-state index is 13.9. The van der Waals surface area contributed by atoms with Crippen LogP contribution in [0.4, 0.5) is 13.2 Å². The minimum Gasteiger partial charge on any atom is -0.496 e. The molecule has 0 saturated carbocycles. The molecule has 2 aromatic carbocycles. The van der Waals surface area contributed by atoms with Crippen molar-refractivity contribution in [2.75, 3.05) is 20.3 Å². The third kappa shape index (κ3) is 4.31. The molecule has 0 amide bonds. The number of ether oxygens (including phenoxy) is 2. The summed E-state index contributed by atoms with van der Waals surface area (Å²) >= 11 is 0. The quantitative estimate of drug-likeness (QED) is 0.720. The maximum Gasteiger partial charge on any atom is 0.421 e. The van der Waals surface area contributed by atoms with Crippen LogP contribution in [-0.2, 0) is 23.3 Å². The standard InChI is InChI=1S/C24H29F3N2O2/c1-23(24(25,26)27)19-13-18(21(30-2)14-17(19)10-12-31-23)15-29-20-9-6-11-28-22(20)16-7-4-3-5-8-16/h3-5,7-8,13-14,20,22,28-29H,6,9-12,15H2,1-2H3/t20?,22?,23-/m1/s1. The highest BCUT2D eigenvalue weighted by atomic mass is 19.4. The van der Waals surface area contributed by atoms with Crippen LogP contribution in [0.3, 0.4) is 0 Å². The van der Waals surface area contributed by atoms with E-state index in [-0.39, 0.29) is 24.3 Å². The number of nitrogens with one attached hydrogen (secondary N) is 2. The lowest BCUT2D eigenvalue weighted by Gasteiger charge is -2.38. The van der Waals surface area contributed by atoms with E-state index in [1.54, 1.807) is 19.2 Å². The second kappa shape index (κ2) is 8.81. The lowest BCUT2D eigenvalue weighted by molar-refractivity contribution is -0.281. The van der Waals surface area contributed by atoms with Crippen molar-refractivity contribution in [2.24, 2.45) is 0 Å².